The standard InChI is InChI=1S/C13H18N4O/c1-3-17-10-14-8-11(17)9-16-12-6-5-7-15-13(12)18-4-2/h5-8,10,16H,3-4,9H2,1-2H3. The number of imidazole rings is 1. The third-order valence-electron chi connectivity index (χ3n) is 2.65. The van der Waals surface area contributed by atoms with E-state index in [1.807, 2.05) is 31.6 Å². The molecule has 0 atom stereocenters. The Bertz CT molecular complexity index is 495. The quantitative estimate of drug-likeness (QED) is 0.849. The molecule has 2 heterocycles. The molecule has 0 aliphatic carbocycles. The molecule has 0 bridgehead atoms. The van der Waals surface area contributed by atoms with E-state index in [4.69, 9.17) is 4.74 Å². The molecule has 1 N–H and O–H groups in total. The zero-order chi connectivity index (χ0) is 12.8. The predicted molar refractivity (Wildman–Crippen MR) is 70.6 cm³/mol. The number of aromatic nitrogens is 3. The van der Waals surface area contributed by atoms with Crippen molar-refractivity contribution in [1.82, 2.24) is 14.5 Å². The van der Waals surface area contributed by atoms with Crippen LogP contribution in [0.3, 0.4) is 0 Å². The van der Waals surface area contributed by atoms with Crippen LogP contribution in [-0.2, 0) is 13.1 Å². The molecule has 0 aromatic carbocycles. The second-order valence-corrected chi connectivity index (χ2v) is 3.81. The maximum Gasteiger partial charge on any atom is 0.237 e. The predicted octanol–water partition coefficient (Wildman–Crippen LogP) is 2.31. The van der Waals surface area contributed by atoms with Crippen LogP contribution in [0.4, 0.5) is 5.69 Å². The van der Waals surface area contributed by atoms with E-state index >= 15 is 0 Å². The highest BCUT2D eigenvalue weighted by Crippen LogP contribution is 2.21. The highest BCUT2D eigenvalue weighted by Gasteiger charge is 2.05. The molecule has 0 aliphatic rings. The van der Waals surface area contributed by atoms with Crippen molar-refractivity contribution in [1.29, 1.82) is 0 Å². The summed E-state index contributed by atoms with van der Waals surface area (Å²) < 4.78 is 7.57. The van der Waals surface area contributed by atoms with Gasteiger partial charge in [0, 0.05) is 18.9 Å². The van der Waals surface area contributed by atoms with E-state index in [0.717, 1.165) is 17.9 Å². The number of hydrogen-bond donors (Lipinski definition) is 1. The molecular formula is C13H18N4O. The van der Waals surface area contributed by atoms with Crippen LogP contribution in [0.5, 0.6) is 5.88 Å². The summed E-state index contributed by atoms with van der Waals surface area (Å²) in [6.45, 7) is 6.28. The van der Waals surface area contributed by atoms with Gasteiger partial charge < -0.3 is 14.6 Å². The van der Waals surface area contributed by atoms with Gasteiger partial charge in [0.1, 0.15) is 0 Å². The molecule has 0 saturated heterocycles. The largest absolute Gasteiger partial charge is 0.476 e. The molecule has 0 aliphatic heterocycles. The number of ether oxygens (including phenoxy) is 1. The molecule has 96 valence electrons. The molecule has 0 radical (unpaired) electrons. The topological polar surface area (TPSA) is 52.0 Å². The van der Waals surface area contributed by atoms with Gasteiger partial charge in [-0.3, -0.25) is 0 Å². The van der Waals surface area contributed by atoms with E-state index in [1.165, 1.54) is 0 Å². The molecule has 2 aromatic heterocycles. The van der Waals surface area contributed by atoms with Crippen LogP contribution in [0.25, 0.3) is 0 Å². The Morgan fingerprint density at radius 3 is 3.06 bits per heavy atom. The van der Waals surface area contributed by atoms with Crippen LogP contribution in [0.15, 0.2) is 30.9 Å². The number of nitrogens with zero attached hydrogens (tertiary/aromatic N) is 3. The van der Waals surface area contributed by atoms with Crippen molar-refractivity contribution in [3.63, 3.8) is 0 Å². The second kappa shape index (κ2) is 6.05. The lowest BCUT2D eigenvalue weighted by Crippen LogP contribution is -2.07. The van der Waals surface area contributed by atoms with Crippen molar-refractivity contribution < 1.29 is 4.74 Å². The molecular weight excluding hydrogens is 228 g/mol. The van der Waals surface area contributed by atoms with E-state index < -0.39 is 0 Å². The Balaban J connectivity index is 2.06. The molecule has 18 heavy (non-hydrogen) atoms. The minimum Gasteiger partial charge on any atom is -0.476 e. The average Bonchev–Trinajstić information content (AvgIpc) is 2.85. The second-order valence-electron chi connectivity index (χ2n) is 3.81. The van der Waals surface area contributed by atoms with Crippen LogP contribution in [0, 0.1) is 0 Å². The lowest BCUT2D eigenvalue weighted by Gasteiger charge is -2.11. The smallest absolute Gasteiger partial charge is 0.237 e. The molecule has 5 nitrogen and oxygen atoms in total. The van der Waals surface area contributed by atoms with Gasteiger partial charge >= 0.3 is 0 Å². The van der Waals surface area contributed by atoms with E-state index in [9.17, 15) is 0 Å². The molecule has 0 spiro atoms. The summed E-state index contributed by atoms with van der Waals surface area (Å²) in [5.74, 6) is 0.641. The van der Waals surface area contributed by atoms with Crippen molar-refractivity contribution in [3.05, 3.63) is 36.5 Å². The molecule has 2 aromatic rings. The normalized spacial score (nSPS) is 10.3. The first-order valence-corrected chi connectivity index (χ1v) is 6.15. The minimum atomic E-state index is 0.610. The molecule has 0 amide bonds. The van der Waals surface area contributed by atoms with E-state index in [1.54, 1.807) is 6.20 Å². The van der Waals surface area contributed by atoms with Crippen molar-refractivity contribution in [3.8, 4) is 5.88 Å². The third kappa shape index (κ3) is 2.80. The minimum absolute atomic E-state index is 0.610. The number of hydrogen-bond acceptors (Lipinski definition) is 4. The zero-order valence-electron chi connectivity index (χ0n) is 10.8. The van der Waals surface area contributed by atoms with Gasteiger partial charge in [0.2, 0.25) is 5.88 Å². The number of anilines is 1. The highest BCUT2D eigenvalue weighted by atomic mass is 16.5. The summed E-state index contributed by atoms with van der Waals surface area (Å²) in [6.07, 6.45) is 5.43. The van der Waals surface area contributed by atoms with Gasteiger partial charge in [-0.2, -0.15) is 0 Å². The fourth-order valence-corrected chi connectivity index (χ4v) is 1.74. The Morgan fingerprint density at radius 2 is 2.28 bits per heavy atom. The maximum atomic E-state index is 5.47. The SMILES string of the molecule is CCOc1ncccc1NCc1cncn1CC. The first-order chi connectivity index (χ1) is 8.85. The van der Waals surface area contributed by atoms with Crippen molar-refractivity contribution in [2.45, 2.75) is 26.9 Å². The van der Waals surface area contributed by atoms with Crippen LogP contribution in [0.1, 0.15) is 19.5 Å². The first kappa shape index (κ1) is 12.4. The first-order valence-electron chi connectivity index (χ1n) is 6.15. The zero-order valence-corrected chi connectivity index (χ0v) is 10.8. The van der Waals surface area contributed by atoms with Gasteiger partial charge in [-0.1, -0.05) is 0 Å². The Kier molecular flexibility index (Phi) is 4.17. The van der Waals surface area contributed by atoms with Gasteiger partial charge in [0.05, 0.1) is 30.9 Å². The maximum absolute atomic E-state index is 5.47. The van der Waals surface area contributed by atoms with E-state index in [2.05, 4.69) is 26.8 Å². The monoisotopic (exact) mass is 246 g/mol. The van der Waals surface area contributed by atoms with Gasteiger partial charge in [0.25, 0.3) is 0 Å². The highest BCUT2D eigenvalue weighted by molar-refractivity contribution is 5.52. The molecule has 2 rings (SSSR count). The Hall–Kier alpha value is -2.04. The number of aryl methyl sites for hydroxylation is 1. The van der Waals surface area contributed by atoms with Crippen LogP contribution in [0.2, 0.25) is 0 Å². The number of nitrogens with one attached hydrogen (secondary N) is 1. The van der Waals surface area contributed by atoms with Crippen LogP contribution < -0.4 is 10.1 Å². The fraction of sp³-hybridized carbons (Fsp3) is 0.385. The summed E-state index contributed by atoms with van der Waals surface area (Å²) in [7, 11) is 0. The third-order valence-corrected chi connectivity index (χ3v) is 2.65. The van der Waals surface area contributed by atoms with Gasteiger partial charge in [-0.15, -0.1) is 0 Å². The van der Waals surface area contributed by atoms with Crippen molar-refractivity contribution in [2.24, 2.45) is 0 Å². The Labute approximate surface area is 107 Å². The van der Waals surface area contributed by atoms with Crippen molar-refractivity contribution >= 4 is 5.69 Å². The van der Waals surface area contributed by atoms with Crippen LogP contribution >= 0.6 is 0 Å². The Morgan fingerprint density at radius 1 is 1.39 bits per heavy atom. The van der Waals surface area contributed by atoms with Gasteiger partial charge in [0.15, 0.2) is 0 Å². The van der Waals surface area contributed by atoms with Gasteiger partial charge in [-0.05, 0) is 26.0 Å². The molecule has 0 unspecified atom stereocenters. The van der Waals surface area contributed by atoms with Gasteiger partial charge in [-0.25, -0.2) is 9.97 Å². The lowest BCUT2D eigenvalue weighted by molar-refractivity contribution is 0.328. The summed E-state index contributed by atoms with van der Waals surface area (Å²) >= 11 is 0. The van der Waals surface area contributed by atoms with E-state index in [-0.39, 0.29) is 0 Å². The molecule has 0 fully saturated rings. The summed E-state index contributed by atoms with van der Waals surface area (Å²) in [5, 5.41) is 3.33. The van der Waals surface area contributed by atoms with Crippen molar-refractivity contribution in [2.75, 3.05) is 11.9 Å². The number of rotatable bonds is 6. The molecule has 5 heteroatoms. The summed E-state index contributed by atoms with van der Waals surface area (Å²) in [4.78, 5) is 8.34. The van der Waals surface area contributed by atoms with Crippen LogP contribution in [-0.4, -0.2) is 21.1 Å². The fourth-order valence-electron chi connectivity index (χ4n) is 1.74. The van der Waals surface area contributed by atoms with E-state index in [0.29, 0.717) is 19.0 Å². The summed E-state index contributed by atoms with van der Waals surface area (Å²) in [6, 6.07) is 3.85. The lowest BCUT2D eigenvalue weighted by atomic mass is 10.3. The summed E-state index contributed by atoms with van der Waals surface area (Å²) in [5.41, 5.74) is 2.05. The average molecular weight is 246 g/mol. The molecule has 0 saturated carbocycles. The number of pyridine rings is 1.